The first-order valence-corrected chi connectivity index (χ1v) is 6.38. The Labute approximate surface area is 117 Å². The summed E-state index contributed by atoms with van der Waals surface area (Å²) in [5.41, 5.74) is 2.19. The molecular weight excluding hydrogens is 254 g/mol. The van der Waals surface area contributed by atoms with Crippen LogP contribution in [0.25, 0.3) is 0 Å². The molecule has 20 heavy (non-hydrogen) atoms. The third-order valence-corrected chi connectivity index (χ3v) is 3.18. The van der Waals surface area contributed by atoms with Gasteiger partial charge in [-0.15, -0.1) is 0 Å². The molecule has 0 unspecified atom stereocenters. The second-order valence-corrected chi connectivity index (χ2v) is 4.91. The smallest absolute Gasteiger partial charge is 0.269 e. The number of hydrogen-bond acceptors (Lipinski definition) is 3. The lowest BCUT2D eigenvalue weighted by molar-refractivity contribution is -0.384. The van der Waals surface area contributed by atoms with Gasteiger partial charge in [-0.1, -0.05) is 38.1 Å². The average Bonchev–Trinajstić information content (AvgIpc) is 2.46. The number of nitro groups is 1. The summed E-state index contributed by atoms with van der Waals surface area (Å²) in [7, 11) is 0. The zero-order chi connectivity index (χ0) is 14.7. The van der Waals surface area contributed by atoms with Crippen LogP contribution >= 0.6 is 0 Å². The van der Waals surface area contributed by atoms with E-state index in [1.54, 1.807) is 12.1 Å². The first-order chi connectivity index (χ1) is 9.49. The molecule has 0 bridgehead atoms. The third kappa shape index (κ3) is 2.91. The van der Waals surface area contributed by atoms with Crippen LogP contribution < -0.4 is 0 Å². The predicted molar refractivity (Wildman–Crippen MR) is 77.1 cm³/mol. The van der Waals surface area contributed by atoms with Gasteiger partial charge in [0.15, 0.2) is 5.78 Å². The molecule has 0 fully saturated rings. The van der Waals surface area contributed by atoms with Crippen molar-refractivity contribution in [3.05, 3.63) is 75.3 Å². The largest absolute Gasteiger partial charge is 0.289 e. The van der Waals surface area contributed by atoms with E-state index in [-0.39, 0.29) is 11.5 Å². The zero-order valence-electron chi connectivity index (χ0n) is 11.4. The molecule has 0 aliphatic heterocycles. The van der Waals surface area contributed by atoms with E-state index in [2.05, 4.69) is 13.8 Å². The number of nitrogens with zero attached hydrogens (tertiary/aromatic N) is 1. The highest BCUT2D eigenvalue weighted by molar-refractivity contribution is 6.09. The summed E-state index contributed by atoms with van der Waals surface area (Å²) < 4.78 is 0. The lowest BCUT2D eigenvalue weighted by atomic mass is 9.98. The molecule has 0 saturated heterocycles. The summed E-state index contributed by atoms with van der Waals surface area (Å²) >= 11 is 0. The number of rotatable bonds is 4. The fourth-order valence-corrected chi connectivity index (χ4v) is 1.92. The minimum absolute atomic E-state index is 0.0169. The van der Waals surface area contributed by atoms with Crippen molar-refractivity contribution in [3.63, 3.8) is 0 Å². The molecule has 0 aliphatic rings. The Hall–Kier alpha value is -2.49. The summed E-state index contributed by atoms with van der Waals surface area (Å²) in [6.45, 7) is 4.18. The molecule has 0 N–H and O–H groups in total. The van der Waals surface area contributed by atoms with E-state index in [0.29, 0.717) is 17.0 Å². The van der Waals surface area contributed by atoms with Crippen molar-refractivity contribution in [2.45, 2.75) is 19.8 Å². The van der Waals surface area contributed by atoms with Crippen molar-refractivity contribution in [1.82, 2.24) is 0 Å². The second kappa shape index (κ2) is 5.65. The number of nitro benzene ring substituents is 1. The second-order valence-electron chi connectivity index (χ2n) is 4.91. The Kier molecular flexibility index (Phi) is 3.94. The topological polar surface area (TPSA) is 60.2 Å². The van der Waals surface area contributed by atoms with Crippen LogP contribution in [0.15, 0.2) is 48.5 Å². The molecule has 0 atom stereocenters. The van der Waals surface area contributed by atoms with Gasteiger partial charge in [-0.3, -0.25) is 14.9 Å². The van der Waals surface area contributed by atoms with E-state index in [0.717, 1.165) is 0 Å². The van der Waals surface area contributed by atoms with E-state index in [9.17, 15) is 14.9 Å². The van der Waals surface area contributed by atoms with Gasteiger partial charge in [0.1, 0.15) is 0 Å². The maximum atomic E-state index is 12.2. The zero-order valence-corrected chi connectivity index (χ0v) is 11.4. The van der Waals surface area contributed by atoms with E-state index in [1.165, 1.54) is 29.8 Å². The van der Waals surface area contributed by atoms with Crippen molar-refractivity contribution in [2.75, 3.05) is 0 Å². The van der Waals surface area contributed by atoms with Crippen molar-refractivity contribution in [3.8, 4) is 0 Å². The Morgan fingerprint density at radius 2 is 1.40 bits per heavy atom. The third-order valence-electron chi connectivity index (χ3n) is 3.18. The summed E-state index contributed by atoms with van der Waals surface area (Å²) in [6.07, 6.45) is 0. The van der Waals surface area contributed by atoms with Gasteiger partial charge in [0, 0.05) is 23.3 Å². The Morgan fingerprint density at radius 1 is 0.950 bits per heavy atom. The SMILES string of the molecule is CC(C)c1ccc(C(=O)c2ccc([N+](=O)[O-])cc2)cc1. The summed E-state index contributed by atoms with van der Waals surface area (Å²) in [4.78, 5) is 22.3. The molecule has 0 amide bonds. The monoisotopic (exact) mass is 269 g/mol. The van der Waals surface area contributed by atoms with Crippen molar-refractivity contribution >= 4 is 11.5 Å². The fraction of sp³-hybridized carbons (Fsp3) is 0.188. The number of non-ortho nitro benzene ring substituents is 1. The van der Waals surface area contributed by atoms with Crippen LogP contribution in [0.4, 0.5) is 5.69 Å². The summed E-state index contributed by atoms with van der Waals surface area (Å²) in [6, 6.07) is 13.1. The van der Waals surface area contributed by atoms with E-state index >= 15 is 0 Å². The molecule has 2 aromatic rings. The molecule has 0 heterocycles. The Balaban J connectivity index is 2.24. The molecule has 2 rings (SSSR count). The average molecular weight is 269 g/mol. The van der Waals surface area contributed by atoms with Crippen LogP contribution in [-0.4, -0.2) is 10.7 Å². The highest BCUT2D eigenvalue weighted by atomic mass is 16.6. The van der Waals surface area contributed by atoms with Crippen LogP contribution in [-0.2, 0) is 0 Å². The van der Waals surface area contributed by atoms with Crippen LogP contribution in [0.1, 0.15) is 41.3 Å². The van der Waals surface area contributed by atoms with E-state index < -0.39 is 4.92 Å². The van der Waals surface area contributed by atoms with Gasteiger partial charge in [0.25, 0.3) is 5.69 Å². The molecule has 102 valence electrons. The van der Waals surface area contributed by atoms with Gasteiger partial charge in [-0.25, -0.2) is 0 Å². The molecule has 0 aromatic heterocycles. The van der Waals surface area contributed by atoms with Gasteiger partial charge in [-0.2, -0.15) is 0 Å². The number of ketones is 1. The van der Waals surface area contributed by atoms with Gasteiger partial charge in [0.05, 0.1) is 4.92 Å². The highest BCUT2D eigenvalue weighted by Crippen LogP contribution is 2.18. The Morgan fingerprint density at radius 3 is 1.80 bits per heavy atom. The van der Waals surface area contributed by atoms with Crippen molar-refractivity contribution < 1.29 is 9.72 Å². The molecule has 0 radical (unpaired) electrons. The predicted octanol–water partition coefficient (Wildman–Crippen LogP) is 3.95. The molecule has 0 saturated carbocycles. The molecular formula is C16H15NO3. The highest BCUT2D eigenvalue weighted by Gasteiger charge is 2.11. The Bertz CT molecular complexity index is 628. The number of benzene rings is 2. The maximum Gasteiger partial charge on any atom is 0.269 e. The van der Waals surface area contributed by atoms with Gasteiger partial charge in [0.2, 0.25) is 0 Å². The molecule has 2 aromatic carbocycles. The van der Waals surface area contributed by atoms with Crippen LogP contribution in [0, 0.1) is 10.1 Å². The number of carbonyl (C=O) groups is 1. The standard InChI is InChI=1S/C16H15NO3/c1-11(2)12-3-5-13(6-4-12)16(18)14-7-9-15(10-8-14)17(19)20/h3-11H,1-2H3. The van der Waals surface area contributed by atoms with Crippen molar-refractivity contribution in [2.24, 2.45) is 0 Å². The first-order valence-electron chi connectivity index (χ1n) is 6.38. The van der Waals surface area contributed by atoms with Gasteiger partial charge in [-0.05, 0) is 23.6 Å². The minimum Gasteiger partial charge on any atom is -0.289 e. The molecule has 4 nitrogen and oxygen atoms in total. The first kappa shape index (κ1) is 13.9. The lowest BCUT2D eigenvalue weighted by Gasteiger charge is -2.06. The minimum atomic E-state index is -0.480. The number of carbonyl (C=O) groups excluding carboxylic acids is 1. The van der Waals surface area contributed by atoms with Crippen LogP contribution in [0.5, 0.6) is 0 Å². The van der Waals surface area contributed by atoms with E-state index in [4.69, 9.17) is 0 Å². The number of hydrogen-bond donors (Lipinski definition) is 0. The summed E-state index contributed by atoms with van der Waals surface area (Å²) in [5, 5.41) is 10.6. The maximum absolute atomic E-state index is 12.2. The normalized spacial score (nSPS) is 10.6. The van der Waals surface area contributed by atoms with Crippen molar-refractivity contribution in [1.29, 1.82) is 0 Å². The quantitative estimate of drug-likeness (QED) is 0.479. The van der Waals surface area contributed by atoms with Gasteiger partial charge < -0.3 is 0 Å². The molecule has 0 spiro atoms. The van der Waals surface area contributed by atoms with Gasteiger partial charge >= 0.3 is 0 Å². The molecule has 0 aliphatic carbocycles. The lowest BCUT2D eigenvalue weighted by Crippen LogP contribution is -2.02. The fourth-order valence-electron chi connectivity index (χ4n) is 1.92. The van der Waals surface area contributed by atoms with Crippen LogP contribution in [0.2, 0.25) is 0 Å². The van der Waals surface area contributed by atoms with E-state index in [1.807, 2.05) is 12.1 Å². The van der Waals surface area contributed by atoms with Crippen LogP contribution in [0.3, 0.4) is 0 Å². The molecule has 4 heteroatoms. The summed E-state index contributed by atoms with van der Waals surface area (Å²) in [5.74, 6) is 0.286.